The maximum Gasteiger partial charge on any atom is 0.0708 e. The zero-order valence-corrected chi connectivity index (χ0v) is 28.9. The third-order valence-electron chi connectivity index (χ3n) is 11.7. The Labute approximate surface area is 303 Å². The molecular formula is C50H36N2. The first-order valence-corrected chi connectivity index (χ1v) is 18.6. The molecule has 2 heteroatoms. The minimum Gasteiger partial charge on any atom is -0.308 e. The Kier molecular flexibility index (Phi) is 6.60. The summed E-state index contributed by atoms with van der Waals surface area (Å²) in [5, 5.41) is 5.38. The molecule has 0 saturated heterocycles. The summed E-state index contributed by atoms with van der Waals surface area (Å²) in [6, 6.07) is 58.2. The maximum atomic E-state index is 5.42. The molecule has 0 spiro atoms. The molecule has 2 aromatic heterocycles. The van der Waals surface area contributed by atoms with Gasteiger partial charge in [-0.3, -0.25) is 4.99 Å². The van der Waals surface area contributed by atoms with Gasteiger partial charge in [-0.05, 0) is 101 Å². The topological polar surface area (TPSA) is 16.8 Å². The third-order valence-corrected chi connectivity index (χ3v) is 11.7. The van der Waals surface area contributed by atoms with Crippen LogP contribution in [0.25, 0.3) is 65.9 Å². The minimum atomic E-state index is 0.189. The highest BCUT2D eigenvalue weighted by Gasteiger charge is 2.33. The molecule has 1 aliphatic heterocycles. The van der Waals surface area contributed by atoms with E-state index in [-0.39, 0.29) is 5.92 Å². The van der Waals surface area contributed by atoms with Crippen molar-refractivity contribution in [3.8, 4) is 22.3 Å². The zero-order chi connectivity index (χ0) is 34.2. The zero-order valence-electron chi connectivity index (χ0n) is 28.9. The van der Waals surface area contributed by atoms with Crippen LogP contribution < -0.4 is 0 Å². The lowest BCUT2D eigenvalue weighted by molar-refractivity contribution is 0.763. The van der Waals surface area contributed by atoms with Crippen molar-refractivity contribution < 1.29 is 0 Å². The Morgan fingerprint density at radius 2 is 1.21 bits per heavy atom. The van der Waals surface area contributed by atoms with E-state index in [9.17, 15) is 0 Å². The molecular weight excluding hydrogens is 629 g/mol. The van der Waals surface area contributed by atoms with Crippen molar-refractivity contribution in [2.45, 2.75) is 31.6 Å². The second-order valence-corrected chi connectivity index (χ2v) is 14.4. The van der Waals surface area contributed by atoms with Gasteiger partial charge in [0.05, 0.1) is 22.2 Å². The number of aromatic nitrogens is 1. The van der Waals surface area contributed by atoms with Crippen LogP contribution in [-0.2, 0) is 6.42 Å². The molecule has 1 atom stereocenters. The number of aryl methyl sites for hydroxylation is 1. The highest BCUT2D eigenvalue weighted by molar-refractivity contribution is 6.26. The summed E-state index contributed by atoms with van der Waals surface area (Å²) in [5.41, 5.74) is 18.1. The van der Waals surface area contributed by atoms with Crippen LogP contribution in [0.3, 0.4) is 0 Å². The van der Waals surface area contributed by atoms with E-state index in [1.807, 2.05) is 0 Å². The van der Waals surface area contributed by atoms with Crippen molar-refractivity contribution in [1.29, 1.82) is 0 Å². The molecule has 2 aliphatic rings. The van der Waals surface area contributed by atoms with Crippen LogP contribution in [0.1, 0.15) is 47.4 Å². The Morgan fingerprint density at radius 3 is 2.04 bits per heavy atom. The molecule has 0 bridgehead atoms. The van der Waals surface area contributed by atoms with E-state index in [2.05, 4.69) is 168 Å². The highest BCUT2D eigenvalue weighted by Crippen LogP contribution is 2.53. The lowest BCUT2D eigenvalue weighted by Crippen LogP contribution is -2.08. The van der Waals surface area contributed by atoms with E-state index in [4.69, 9.17) is 4.99 Å². The predicted molar refractivity (Wildman–Crippen MR) is 219 cm³/mol. The summed E-state index contributed by atoms with van der Waals surface area (Å²) in [6.45, 7) is 0. The van der Waals surface area contributed by atoms with Crippen molar-refractivity contribution in [1.82, 2.24) is 4.40 Å². The lowest BCUT2D eigenvalue weighted by atomic mass is 9.78. The van der Waals surface area contributed by atoms with Crippen molar-refractivity contribution in [2.75, 3.05) is 0 Å². The summed E-state index contributed by atoms with van der Waals surface area (Å²) in [4.78, 5) is 5.42. The molecule has 2 nitrogen and oxygen atoms in total. The van der Waals surface area contributed by atoms with Crippen LogP contribution in [0.5, 0.6) is 0 Å². The number of fused-ring (bicyclic) bond motifs is 11. The molecule has 52 heavy (non-hydrogen) atoms. The van der Waals surface area contributed by atoms with Crippen LogP contribution in [-0.4, -0.2) is 10.1 Å². The van der Waals surface area contributed by atoms with Crippen LogP contribution in [0.15, 0.2) is 169 Å². The smallest absolute Gasteiger partial charge is 0.0708 e. The van der Waals surface area contributed by atoms with E-state index in [1.165, 1.54) is 88.2 Å². The largest absolute Gasteiger partial charge is 0.308 e. The normalized spacial score (nSPS) is 17.8. The molecule has 7 aromatic carbocycles. The predicted octanol–water partition coefficient (Wildman–Crippen LogP) is 13.2. The molecule has 11 rings (SSSR count). The van der Waals surface area contributed by atoms with Crippen LogP contribution in [0.4, 0.5) is 5.69 Å². The van der Waals surface area contributed by atoms with Gasteiger partial charge in [0.2, 0.25) is 0 Å². The standard InChI is InChI=1S/C50H36N2/c1-3-14-32(15-4-1)35-27-26-33-28-29-39(36-21-13-23-44(34-16-5-2-6-17-34)51-45-22-10-7-18-37(36)45)48-42(41(33)30-35)31-43-38-19-8-11-24-46(38)52-47-25-12-9-20-40(47)49(48)50(43)52/h1-12,14-22,24-27,30-31,39H,13,23,28-29H2/b36-21+,51-44+/t39-/m1/s1. The molecule has 0 fully saturated rings. The molecule has 0 amide bonds. The average Bonchev–Trinajstić information content (AvgIpc) is 3.66. The van der Waals surface area contributed by atoms with Crippen molar-refractivity contribution in [3.05, 3.63) is 186 Å². The van der Waals surface area contributed by atoms with Crippen molar-refractivity contribution in [2.24, 2.45) is 4.99 Å². The quantitative estimate of drug-likeness (QED) is 0.179. The van der Waals surface area contributed by atoms with Gasteiger partial charge in [-0.2, -0.15) is 0 Å². The summed E-state index contributed by atoms with van der Waals surface area (Å²) < 4.78 is 2.54. The number of para-hydroxylation sites is 3. The third kappa shape index (κ3) is 4.40. The van der Waals surface area contributed by atoms with Gasteiger partial charge in [0, 0.05) is 38.7 Å². The monoisotopic (exact) mass is 664 g/mol. The number of nitrogens with zero attached hydrogens (tertiary/aromatic N) is 2. The van der Waals surface area contributed by atoms with Gasteiger partial charge < -0.3 is 4.40 Å². The summed E-state index contributed by atoms with van der Waals surface area (Å²) in [5.74, 6) is 0.189. The van der Waals surface area contributed by atoms with E-state index < -0.39 is 0 Å². The minimum absolute atomic E-state index is 0.189. The van der Waals surface area contributed by atoms with Gasteiger partial charge in [-0.15, -0.1) is 0 Å². The van der Waals surface area contributed by atoms with Crippen LogP contribution in [0.2, 0.25) is 0 Å². The summed E-state index contributed by atoms with van der Waals surface area (Å²) in [6.07, 6.45) is 6.45. The van der Waals surface area contributed by atoms with E-state index in [1.54, 1.807) is 0 Å². The Bertz CT molecular complexity index is 2890. The fourth-order valence-electron chi connectivity index (χ4n) is 9.40. The Morgan fingerprint density at radius 1 is 0.519 bits per heavy atom. The Hall–Kier alpha value is -6.25. The summed E-state index contributed by atoms with van der Waals surface area (Å²) in [7, 11) is 0. The SMILES string of the molecule is C1=C(/[C@H]2CCc3ccc(-c4ccccc4)cc3-c3cc4c5ccccc5n5c6ccccc6c(c32)c45)c2ccccc2/N=C(/c2ccccc2)CC/1. The first kappa shape index (κ1) is 29.5. The molecule has 0 N–H and O–H groups in total. The maximum absolute atomic E-state index is 5.42. The van der Waals surface area contributed by atoms with Gasteiger partial charge in [0.1, 0.15) is 0 Å². The van der Waals surface area contributed by atoms with Gasteiger partial charge in [0.15, 0.2) is 0 Å². The number of hydrogen-bond acceptors (Lipinski definition) is 1. The number of benzene rings is 7. The van der Waals surface area contributed by atoms with Crippen molar-refractivity contribution in [3.63, 3.8) is 0 Å². The number of allylic oxidation sites excluding steroid dienone is 2. The Balaban J connectivity index is 1.23. The molecule has 1 aliphatic carbocycles. The van der Waals surface area contributed by atoms with Gasteiger partial charge in [-0.1, -0.05) is 133 Å². The number of aliphatic imine (C=N–C) groups is 1. The number of rotatable bonds is 3. The lowest BCUT2D eigenvalue weighted by Gasteiger charge is -2.26. The van der Waals surface area contributed by atoms with Crippen molar-refractivity contribution >= 4 is 55.1 Å². The fraction of sp³-hybridized carbons (Fsp3) is 0.100. The molecule has 9 aromatic rings. The van der Waals surface area contributed by atoms with E-state index in [0.29, 0.717) is 0 Å². The number of hydrogen-bond donors (Lipinski definition) is 0. The van der Waals surface area contributed by atoms with E-state index >= 15 is 0 Å². The molecule has 0 saturated carbocycles. The second kappa shape index (κ2) is 11.6. The fourth-order valence-corrected chi connectivity index (χ4v) is 9.40. The van der Waals surface area contributed by atoms with Gasteiger partial charge in [-0.25, -0.2) is 0 Å². The highest BCUT2D eigenvalue weighted by atomic mass is 14.9. The van der Waals surface area contributed by atoms with Gasteiger partial charge >= 0.3 is 0 Å². The summed E-state index contributed by atoms with van der Waals surface area (Å²) >= 11 is 0. The average molecular weight is 665 g/mol. The molecule has 246 valence electrons. The van der Waals surface area contributed by atoms with Crippen LogP contribution in [0, 0.1) is 0 Å². The first-order chi connectivity index (χ1) is 25.8. The first-order valence-electron chi connectivity index (χ1n) is 18.6. The molecule has 0 unspecified atom stereocenters. The van der Waals surface area contributed by atoms with Gasteiger partial charge in [0.25, 0.3) is 0 Å². The molecule has 0 radical (unpaired) electrons. The van der Waals surface area contributed by atoms with Crippen LogP contribution >= 0.6 is 0 Å². The molecule has 3 heterocycles. The van der Waals surface area contributed by atoms with E-state index in [0.717, 1.165) is 37.1 Å². The second-order valence-electron chi connectivity index (χ2n) is 14.4.